The summed E-state index contributed by atoms with van der Waals surface area (Å²) in [5, 5.41) is 1.16. The molecule has 9 nitrogen and oxygen atoms in total. The number of hydrogen-bond donors (Lipinski definition) is 0. The molecule has 0 N–H and O–H groups in total. The van der Waals surface area contributed by atoms with Crippen molar-refractivity contribution in [2.75, 3.05) is 26.4 Å². The van der Waals surface area contributed by atoms with E-state index in [-0.39, 0.29) is 37.5 Å². The monoisotopic (exact) mass is 451 g/mol. The van der Waals surface area contributed by atoms with E-state index < -0.39 is 36.5 Å². The maximum atomic E-state index is 13.9. The van der Waals surface area contributed by atoms with E-state index in [1.807, 2.05) is 0 Å². The molecule has 1 aromatic rings. The minimum Gasteiger partial charge on any atom is -0.463 e. The van der Waals surface area contributed by atoms with Crippen LogP contribution >= 0.6 is 7.60 Å². The number of Topliss-reactive ketones (excluding diaryl/α,β-unsaturated/α-hetero) is 1. The summed E-state index contributed by atoms with van der Waals surface area (Å²) in [6, 6.07) is 6.63. The predicted molar refractivity (Wildman–Crippen MR) is 111 cm³/mol. The summed E-state index contributed by atoms with van der Waals surface area (Å²) < 4.78 is 29.8. The fourth-order valence-corrected chi connectivity index (χ4v) is 6.45. The molecule has 1 fully saturated rings. The second-order valence-corrected chi connectivity index (χ2v) is 8.95. The smallest absolute Gasteiger partial charge is 0.347 e. The average Bonchev–Trinajstić information content (AvgIpc) is 3.16. The number of carbonyl (C=O) groups is 3. The maximum Gasteiger partial charge on any atom is 0.347 e. The topological polar surface area (TPSA) is 108 Å². The Hall–Kier alpha value is -2.32. The highest BCUT2D eigenvalue weighted by molar-refractivity contribution is 7.56. The fraction of sp³-hybridized carbons (Fsp3) is 0.476. The van der Waals surface area contributed by atoms with Crippen LogP contribution in [0.3, 0.4) is 0 Å². The van der Waals surface area contributed by atoms with E-state index in [2.05, 4.69) is 0 Å². The van der Waals surface area contributed by atoms with Crippen LogP contribution in [0.4, 0.5) is 0 Å². The number of ether oxygens (including phenoxy) is 1. The highest BCUT2D eigenvalue weighted by Gasteiger charge is 2.72. The van der Waals surface area contributed by atoms with Gasteiger partial charge in [0.15, 0.2) is 17.0 Å². The molecule has 2 unspecified atom stereocenters. The van der Waals surface area contributed by atoms with Crippen molar-refractivity contribution in [2.45, 2.75) is 38.9 Å². The number of benzene rings is 1. The van der Waals surface area contributed by atoms with Crippen molar-refractivity contribution < 1.29 is 37.6 Å². The largest absolute Gasteiger partial charge is 0.463 e. The molecule has 2 atom stereocenters. The van der Waals surface area contributed by atoms with Crippen LogP contribution in [0.5, 0.6) is 0 Å². The Morgan fingerprint density at radius 1 is 1.10 bits per heavy atom. The first-order valence-electron chi connectivity index (χ1n) is 10.2. The molecule has 1 spiro atoms. The number of hydroxylamine groups is 2. The second-order valence-electron chi connectivity index (χ2n) is 6.83. The molecule has 0 bridgehead atoms. The summed E-state index contributed by atoms with van der Waals surface area (Å²) in [4.78, 5) is 44.8. The molecular weight excluding hydrogens is 425 g/mol. The lowest BCUT2D eigenvalue weighted by atomic mass is 9.85. The van der Waals surface area contributed by atoms with Gasteiger partial charge in [0, 0.05) is 23.8 Å². The van der Waals surface area contributed by atoms with Gasteiger partial charge in [-0.1, -0.05) is 24.3 Å². The van der Waals surface area contributed by atoms with Crippen molar-refractivity contribution in [1.29, 1.82) is 0 Å². The Labute approximate surface area is 180 Å². The first-order chi connectivity index (χ1) is 14.8. The minimum absolute atomic E-state index is 0.0126. The molecule has 0 amide bonds. The normalized spacial score (nSPS) is 24.6. The van der Waals surface area contributed by atoms with Crippen LogP contribution in [-0.4, -0.2) is 60.3 Å². The zero-order valence-corrected chi connectivity index (χ0v) is 18.8. The maximum absolute atomic E-state index is 13.9. The third-order valence-corrected chi connectivity index (χ3v) is 7.65. The number of rotatable bonds is 8. The molecule has 31 heavy (non-hydrogen) atoms. The Kier molecular flexibility index (Phi) is 6.81. The van der Waals surface area contributed by atoms with Crippen LogP contribution in [-0.2, 0) is 32.8 Å². The highest BCUT2D eigenvalue weighted by Crippen LogP contribution is 2.65. The Bertz CT molecular complexity index is 964. The lowest BCUT2D eigenvalue weighted by molar-refractivity contribution is -0.175. The van der Waals surface area contributed by atoms with E-state index in [0.717, 1.165) is 11.1 Å². The summed E-state index contributed by atoms with van der Waals surface area (Å²) in [5.74, 6) is -2.13. The van der Waals surface area contributed by atoms with E-state index in [0.29, 0.717) is 5.56 Å². The predicted octanol–water partition coefficient (Wildman–Crippen LogP) is 3.00. The van der Waals surface area contributed by atoms with Crippen LogP contribution in [0, 0.1) is 0 Å². The van der Waals surface area contributed by atoms with Crippen LogP contribution in [0.1, 0.15) is 43.6 Å². The molecular formula is C21H26NO8P. The zero-order valence-electron chi connectivity index (χ0n) is 18.0. The Morgan fingerprint density at radius 2 is 1.71 bits per heavy atom. The van der Waals surface area contributed by atoms with Crippen molar-refractivity contribution in [3.63, 3.8) is 0 Å². The van der Waals surface area contributed by atoms with E-state index in [1.54, 1.807) is 52.0 Å². The van der Waals surface area contributed by atoms with Crippen LogP contribution in [0.15, 0.2) is 30.3 Å². The summed E-state index contributed by atoms with van der Waals surface area (Å²) >= 11 is 0. The average molecular weight is 451 g/mol. The SMILES string of the molecule is CCOC(=O)/C=C1\c2ccccc2C(=O)C12C(P(=O)(OCC)OCC)C(=O)ON2CC. The van der Waals surface area contributed by atoms with Gasteiger partial charge in [-0.05, 0) is 33.3 Å². The van der Waals surface area contributed by atoms with Crippen LogP contribution < -0.4 is 0 Å². The van der Waals surface area contributed by atoms with Crippen LogP contribution in [0.2, 0.25) is 0 Å². The van der Waals surface area contributed by atoms with Gasteiger partial charge in [-0.3, -0.25) is 9.36 Å². The van der Waals surface area contributed by atoms with Gasteiger partial charge < -0.3 is 18.6 Å². The Morgan fingerprint density at radius 3 is 2.26 bits per heavy atom. The molecule has 3 rings (SSSR count). The molecule has 0 aromatic heterocycles. The molecule has 1 aromatic carbocycles. The van der Waals surface area contributed by atoms with Crippen molar-refractivity contribution >= 4 is 30.9 Å². The second kappa shape index (κ2) is 9.04. The first kappa shape index (κ1) is 23.3. The van der Waals surface area contributed by atoms with Crippen molar-refractivity contribution in [3.8, 4) is 0 Å². The van der Waals surface area contributed by atoms with Crippen molar-refractivity contribution in [2.24, 2.45) is 0 Å². The molecule has 1 aliphatic heterocycles. The van der Waals surface area contributed by atoms with E-state index in [1.165, 1.54) is 0 Å². The summed E-state index contributed by atoms with van der Waals surface area (Å²) in [7, 11) is -4.18. The van der Waals surface area contributed by atoms with E-state index in [4.69, 9.17) is 18.6 Å². The number of hydrogen-bond acceptors (Lipinski definition) is 9. The lowest BCUT2D eigenvalue weighted by Gasteiger charge is -2.35. The molecule has 0 radical (unpaired) electrons. The quantitative estimate of drug-likeness (QED) is 0.335. The summed E-state index contributed by atoms with van der Waals surface area (Å²) in [6.07, 6.45) is 1.16. The fourth-order valence-electron chi connectivity index (χ4n) is 4.21. The third-order valence-electron chi connectivity index (χ3n) is 5.20. The van der Waals surface area contributed by atoms with Crippen molar-refractivity contribution in [3.05, 3.63) is 41.5 Å². The molecule has 1 saturated heterocycles. The summed E-state index contributed by atoms with van der Waals surface area (Å²) in [6.45, 7) is 6.75. The molecule has 1 heterocycles. The van der Waals surface area contributed by atoms with Gasteiger partial charge in [-0.25, -0.2) is 9.59 Å². The van der Waals surface area contributed by atoms with Gasteiger partial charge in [0.25, 0.3) is 0 Å². The number of carbonyl (C=O) groups excluding carboxylic acids is 3. The molecule has 1 aliphatic carbocycles. The number of esters is 1. The van der Waals surface area contributed by atoms with Crippen molar-refractivity contribution in [1.82, 2.24) is 5.06 Å². The van der Waals surface area contributed by atoms with Gasteiger partial charge in [0.05, 0.1) is 19.8 Å². The molecule has 2 aliphatic rings. The van der Waals surface area contributed by atoms with E-state index in [9.17, 15) is 18.9 Å². The number of likely N-dealkylation sites (N-methyl/N-ethyl adjacent to an activating group) is 1. The molecule has 10 heteroatoms. The van der Waals surface area contributed by atoms with E-state index >= 15 is 0 Å². The Balaban J connectivity index is 2.35. The van der Waals surface area contributed by atoms with Gasteiger partial charge in [0.2, 0.25) is 0 Å². The zero-order chi connectivity index (χ0) is 22.8. The number of fused-ring (bicyclic) bond motifs is 1. The standard InChI is InChI=1S/C21H26NO8P/c1-5-22-21(19(20(25)30-22)31(26,28-7-3)29-8-4)16(13-17(23)27-6-2)14-11-9-10-12-15(14)18(21)24/h9-13,19H,5-8H2,1-4H3/b16-13+. The van der Waals surface area contributed by atoms with Gasteiger partial charge >= 0.3 is 19.5 Å². The van der Waals surface area contributed by atoms with Gasteiger partial charge in [-0.2, -0.15) is 0 Å². The summed E-state index contributed by atoms with van der Waals surface area (Å²) in [5.41, 5.74) is -2.62. The molecule has 168 valence electrons. The first-order valence-corrected chi connectivity index (χ1v) is 11.8. The number of ketones is 1. The van der Waals surface area contributed by atoms with Crippen LogP contribution in [0.25, 0.3) is 5.57 Å². The van der Waals surface area contributed by atoms with Gasteiger partial charge in [-0.15, -0.1) is 5.06 Å². The number of nitrogens with zero attached hydrogens (tertiary/aromatic N) is 1. The third kappa shape index (κ3) is 3.55. The molecule has 0 saturated carbocycles. The minimum atomic E-state index is -4.18. The van der Waals surface area contributed by atoms with Gasteiger partial charge in [0.1, 0.15) is 0 Å². The highest BCUT2D eigenvalue weighted by atomic mass is 31.2. The lowest BCUT2D eigenvalue weighted by Crippen LogP contribution is -2.55.